The van der Waals surface area contributed by atoms with Crippen molar-refractivity contribution in [3.05, 3.63) is 41.2 Å². The Morgan fingerprint density at radius 3 is 2.52 bits per heavy atom. The van der Waals surface area contributed by atoms with Crippen LogP contribution in [-0.4, -0.2) is 19.5 Å². The largest absolute Gasteiger partial charge is 0.478 e. The van der Waals surface area contributed by atoms with Crippen LogP contribution in [0.2, 0.25) is 0 Å². The number of hydrogen-bond donors (Lipinski definition) is 2. The molecule has 0 saturated heterocycles. The Morgan fingerprint density at radius 1 is 1.33 bits per heavy atom. The second-order valence-electron chi connectivity index (χ2n) is 4.58. The average molecular weight is 313 g/mol. The molecule has 0 aliphatic carbocycles. The van der Waals surface area contributed by atoms with E-state index in [-0.39, 0.29) is 22.0 Å². The monoisotopic (exact) mass is 313 g/mol. The number of rotatable bonds is 5. The van der Waals surface area contributed by atoms with Gasteiger partial charge in [0.1, 0.15) is 27.7 Å². The highest BCUT2D eigenvalue weighted by molar-refractivity contribution is 7.89. The molecule has 0 fully saturated rings. The van der Waals surface area contributed by atoms with Crippen LogP contribution in [0.3, 0.4) is 0 Å². The fraction of sp³-hybridized carbons (Fsp3) is 0.308. The van der Waals surface area contributed by atoms with Crippen LogP contribution >= 0.6 is 0 Å². The lowest BCUT2D eigenvalue weighted by molar-refractivity contribution is 0.0691. The van der Waals surface area contributed by atoms with Gasteiger partial charge in [0.15, 0.2) is 0 Å². The molecule has 0 spiro atoms. The molecular weight excluding hydrogens is 298 g/mol. The summed E-state index contributed by atoms with van der Waals surface area (Å²) < 4.78 is 37.5. The molecule has 2 rings (SSSR count). The second-order valence-corrected chi connectivity index (χ2v) is 6.23. The van der Waals surface area contributed by atoms with E-state index in [0.717, 1.165) is 0 Å². The van der Waals surface area contributed by atoms with Crippen molar-refractivity contribution < 1.29 is 27.2 Å². The molecule has 1 unspecified atom stereocenters. The fourth-order valence-corrected chi connectivity index (χ4v) is 3.74. The molecule has 0 bridgehead atoms. The third-order valence-corrected chi connectivity index (χ3v) is 4.68. The van der Waals surface area contributed by atoms with Gasteiger partial charge >= 0.3 is 5.97 Å². The lowest BCUT2D eigenvalue weighted by Crippen LogP contribution is -2.28. The Balaban J connectivity index is 2.43. The number of aromatic carboxylic acids is 1. The zero-order valence-corrected chi connectivity index (χ0v) is 12.5. The van der Waals surface area contributed by atoms with Crippen LogP contribution in [-0.2, 0) is 10.0 Å². The summed E-state index contributed by atoms with van der Waals surface area (Å²) in [6.45, 7) is 4.41. The minimum Gasteiger partial charge on any atom is -0.478 e. The highest BCUT2D eigenvalue weighted by atomic mass is 32.2. The van der Waals surface area contributed by atoms with E-state index < -0.39 is 22.0 Å². The van der Waals surface area contributed by atoms with E-state index in [1.807, 2.05) is 0 Å². The molecule has 114 valence electrons. The van der Waals surface area contributed by atoms with Crippen LogP contribution in [0.5, 0.6) is 0 Å². The molecule has 0 saturated carbocycles. The van der Waals surface area contributed by atoms with E-state index in [1.165, 1.54) is 20.1 Å². The summed E-state index contributed by atoms with van der Waals surface area (Å²) in [5.74, 6) is -0.848. The molecular formula is C13H15NO6S. The van der Waals surface area contributed by atoms with Crippen LogP contribution in [0.15, 0.2) is 32.1 Å². The SMILES string of the molecule is Cc1oc(C)c(S(=O)(=O)NC(C)c2ccco2)c1C(=O)O. The molecule has 0 amide bonds. The van der Waals surface area contributed by atoms with Gasteiger partial charge in [-0.3, -0.25) is 0 Å². The van der Waals surface area contributed by atoms with Gasteiger partial charge in [0, 0.05) is 0 Å². The fourth-order valence-electron chi connectivity index (χ4n) is 2.12. The van der Waals surface area contributed by atoms with Gasteiger partial charge in [-0.05, 0) is 32.9 Å². The number of furan rings is 2. The molecule has 0 aliphatic heterocycles. The average Bonchev–Trinajstić information content (AvgIpc) is 2.95. The first kappa shape index (κ1) is 15.3. The third kappa shape index (κ3) is 2.86. The molecule has 0 radical (unpaired) electrons. The molecule has 21 heavy (non-hydrogen) atoms. The lowest BCUT2D eigenvalue weighted by atomic mass is 10.2. The van der Waals surface area contributed by atoms with Crippen molar-refractivity contribution in [3.8, 4) is 0 Å². The molecule has 1 atom stereocenters. The van der Waals surface area contributed by atoms with Crippen molar-refractivity contribution in [1.29, 1.82) is 0 Å². The molecule has 2 N–H and O–H groups in total. The number of carboxylic acid groups (broad SMARTS) is 1. The summed E-state index contributed by atoms with van der Waals surface area (Å²) in [5.41, 5.74) is -0.355. The van der Waals surface area contributed by atoms with Crippen molar-refractivity contribution in [2.45, 2.75) is 31.7 Å². The molecule has 0 aromatic carbocycles. The Hall–Kier alpha value is -2.06. The third-order valence-electron chi connectivity index (χ3n) is 2.99. The maximum atomic E-state index is 12.4. The molecule has 0 aliphatic rings. The van der Waals surface area contributed by atoms with Crippen LogP contribution < -0.4 is 4.72 Å². The number of carbonyl (C=O) groups is 1. The topological polar surface area (TPSA) is 110 Å². The van der Waals surface area contributed by atoms with Crippen molar-refractivity contribution in [2.24, 2.45) is 0 Å². The Kier molecular flexibility index (Phi) is 3.93. The van der Waals surface area contributed by atoms with E-state index in [9.17, 15) is 18.3 Å². The first-order valence-electron chi connectivity index (χ1n) is 6.13. The number of nitrogens with one attached hydrogen (secondary N) is 1. The highest BCUT2D eigenvalue weighted by Gasteiger charge is 2.32. The van der Waals surface area contributed by atoms with Crippen molar-refractivity contribution >= 4 is 16.0 Å². The molecule has 2 heterocycles. The Labute approximate surface area is 121 Å². The summed E-state index contributed by atoms with van der Waals surface area (Å²) in [7, 11) is -4.06. The second kappa shape index (κ2) is 5.38. The van der Waals surface area contributed by atoms with Crippen molar-refractivity contribution in [2.75, 3.05) is 0 Å². The predicted octanol–water partition coefficient (Wildman–Crippen LogP) is 2.23. The molecule has 8 heteroatoms. The van der Waals surface area contributed by atoms with E-state index in [4.69, 9.17) is 8.83 Å². The van der Waals surface area contributed by atoms with Crippen LogP contribution in [0.1, 0.15) is 40.6 Å². The summed E-state index contributed by atoms with van der Waals surface area (Å²) in [4.78, 5) is 10.9. The van der Waals surface area contributed by atoms with Gasteiger partial charge in [-0.1, -0.05) is 0 Å². The smallest absolute Gasteiger partial charge is 0.340 e. The van der Waals surface area contributed by atoms with E-state index in [2.05, 4.69) is 4.72 Å². The van der Waals surface area contributed by atoms with Crippen molar-refractivity contribution in [1.82, 2.24) is 4.72 Å². The number of carboxylic acids is 1. The van der Waals surface area contributed by atoms with Crippen LogP contribution in [0.4, 0.5) is 0 Å². The van der Waals surface area contributed by atoms with Crippen LogP contribution in [0, 0.1) is 13.8 Å². The Morgan fingerprint density at radius 2 is 2.00 bits per heavy atom. The van der Waals surface area contributed by atoms with Gasteiger partial charge in [-0.2, -0.15) is 0 Å². The van der Waals surface area contributed by atoms with Gasteiger partial charge in [0.05, 0.1) is 12.3 Å². The number of sulfonamides is 1. The Bertz CT molecular complexity index is 757. The lowest BCUT2D eigenvalue weighted by Gasteiger charge is -2.12. The van der Waals surface area contributed by atoms with Gasteiger partial charge < -0.3 is 13.9 Å². The summed E-state index contributed by atoms with van der Waals surface area (Å²) >= 11 is 0. The minimum absolute atomic E-state index is 0.0315. The maximum absolute atomic E-state index is 12.4. The summed E-state index contributed by atoms with van der Waals surface area (Å²) in [5, 5.41) is 9.17. The molecule has 7 nitrogen and oxygen atoms in total. The zero-order chi connectivity index (χ0) is 15.8. The first-order chi connectivity index (χ1) is 9.74. The first-order valence-corrected chi connectivity index (χ1v) is 7.61. The number of aryl methyl sites for hydroxylation is 2. The normalized spacial score (nSPS) is 13.3. The molecule has 2 aromatic rings. The highest BCUT2D eigenvalue weighted by Crippen LogP contribution is 2.28. The van der Waals surface area contributed by atoms with Gasteiger partial charge in [-0.15, -0.1) is 0 Å². The van der Waals surface area contributed by atoms with Gasteiger partial charge in [0.25, 0.3) is 0 Å². The number of hydrogen-bond acceptors (Lipinski definition) is 5. The molecule has 2 aromatic heterocycles. The van der Waals surface area contributed by atoms with Crippen molar-refractivity contribution in [3.63, 3.8) is 0 Å². The predicted molar refractivity (Wildman–Crippen MR) is 72.6 cm³/mol. The maximum Gasteiger partial charge on any atom is 0.340 e. The minimum atomic E-state index is -4.06. The summed E-state index contributed by atoms with van der Waals surface area (Å²) in [6.07, 6.45) is 1.43. The van der Waals surface area contributed by atoms with E-state index >= 15 is 0 Å². The van der Waals surface area contributed by atoms with E-state index in [1.54, 1.807) is 19.1 Å². The zero-order valence-electron chi connectivity index (χ0n) is 11.7. The van der Waals surface area contributed by atoms with Crippen LogP contribution in [0.25, 0.3) is 0 Å². The van der Waals surface area contributed by atoms with E-state index in [0.29, 0.717) is 5.76 Å². The van der Waals surface area contributed by atoms with Gasteiger partial charge in [0.2, 0.25) is 10.0 Å². The quantitative estimate of drug-likeness (QED) is 0.876. The van der Waals surface area contributed by atoms with Gasteiger partial charge in [-0.25, -0.2) is 17.9 Å². The standard InChI is InChI=1S/C13H15NO6S/c1-7(10-5-4-6-19-10)14-21(17,18)12-9(3)20-8(2)11(12)13(15)16/h4-7,14H,1-3H3,(H,15,16). The summed E-state index contributed by atoms with van der Waals surface area (Å²) in [6, 6.07) is 2.62.